The third kappa shape index (κ3) is 8.94. The van der Waals surface area contributed by atoms with Crippen LogP contribution in [0, 0.1) is 11.1 Å². The van der Waals surface area contributed by atoms with Crippen LogP contribution in [0.15, 0.2) is 85.2 Å². The lowest BCUT2D eigenvalue weighted by Gasteiger charge is -2.44. The second-order valence-corrected chi connectivity index (χ2v) is 13.7. The van der Waals surface area contributed by atoms with Gasteiger partial charge in [0.2, 0.25) is 0 Å². The topological polar surface area (TPSA) is 113 Å². The van der Waals surface area contributed by atoms with Gasteiger partial charge in [-0.3, -0.25) is 4.90 Å². The second kappa shape index (κ2) is 16.8. The molecule has 0 amide bonds. The van der Waals surface area contributed by atoms with Gasteiger partial charge in [-0.25, -0.2) is 9.59 Å². The van der Waals surface area contributed by atoms with Gasteiger partial charge in [0.25, 0.3) is 0 Å². The van der Waals surface area contributed by atoms with Crippen molar-refractivity contribution in [2.24, 2.45) is 5.92 Å². The number of pyridine rings is 1. The first-order valence-electron chi connectivity index (χ1n) is 17.0. The molecular weight excluding hydrogens is 693 g/mol. The van der Waals surface area contributed by atoms with E-state index in [1.54, 1.807) is 30.3 Å². The first-order chi connectivity index (χ1) is 24.7. The molecule has 3 atom stereocenters. The summed E-state index contributed by atoms with van der Waals surface area (Å²) in [7, 11) is 3.05. The fourth-order valence-electron chi connectivity index (χ4n) is 6.80. The molecule has 3 aliphatic rings. The Kier molecular flexibility index (Phi) is 12.0. The van der Waals surface area contributed by atoms with Gasteiger partial charge >= 0.3 is 11.9 Å². The van der Waals surface area contributed by atoms with Crippen molar-refractivity contribution in [2.45, 2.75) is 43.9 Å². The summed E-state index contributed by atoms with van der Waals surface area (Å²) in [6.07, 6.45) is 4.37. The highest BCUT2D eigenvalue weighted by atomic mass is 35.5. The molecule has 1 aromatic heterocycles. The van der Waals surface area contributed by atoms with Crippen molar-refractivity contribution in [1.29, 1.82) is 0 Å². The molecule has 3 saturated heterocycles. The molecule has 4 aromatic rings. The number of rotatable bonds is 14. The Morgan fingerprint density at radius 1 is 0.922 bits per heavy atom. The molecule has 7 rings (SSSR count). The van der Waals surface area contributed by atoms with Gasteiger partial charge in [0.1, 0.15) is 28.3 Å². The zero-order chi connectivity index (χ0) is 35.9. The number of nitrogens with one attached hydrogen (secondary N) is 1. The van der Waals surface area contributed by atoms with E-state index in [1.165, 1.54) is 26.6 Å². The van der Waals surface area contributed by atoms with Crippen LogP contribution in [0.2, 0.25) is 10.0 Å². The Balaban J connectivity index is 1.12. The van der Waals surface area contributed by atoms with E-state index in [9.17, 15) is 14.8 Å². The third-order valence-corrected chi connectivity index (χ3v) is 10.3. The van der Waals surface area contributed by atoms with Crippen LogP contribution in [-0.4, -0.2) is 63.3 Å². The summed E-state index contributed by atoms with van der Waals surface area (Å²) >= 11 is 12.8. The molecule has 1 unspecified atom stereocenters. The quantitative estimate of drug-likeness (QED) is 0.0907. The number of piperidine rings is 3. The van der Waals surface area contributed by atoms with Crippen molar-refractivity contribution in [1.82, 2.24) is 10.2 Å². The van der Waals surface area contributed by atoms with Gasteiger partial charge in [0.15, 0.2) is 23.9 Å². The molecule has 0 spiro atoms. The van der Waals surface area contributed by atoms with E-state index in [-0.39, 0.29) is 28.5 Å². The molecule has 268 valence electrons. The van der Waals surface area contributed by atoms with Crippen LogP contribution in [0.3, 0.4) is 0 Å². The number of carbonyl (C=O) groups is 2. The van der Waals surface area contributed by atoms with Crippen LogP contribution < -0.4 is 19.5 Å². The second-order valence-electron chi connectivity index (χ2n) is 12.9. The number of aromatic nitrogens is 1. The first-order valence-corrected chi connectivity index (χ1v) is 17.8. The van der Waals surface area contributed by atoms with E-state index < -0.39 is 18.1 Å². The van der Waals surface area contributed by atoms with Gasteiger partial charge in [-0.05, 0) is 79.2 Å². The molecule has 0 radical (unpaired) electrons. The number of ether oxygens (including phenoxy) is 4. The fraction of sp³-hybridized carbons (Fsp3) is 0.359. The SMILES string of the molecule is COc1ccc([C@H](Cc2c(Cl)c[n+]([O-])cc2Cl)OC(=O)c2ccc(CCNC(C(=O)O[C@H]3CN4CCC3CC4)c3ccccc3)cc2)cc1OC. The van der Waals surface area contributed by atoms with Crippen molar-refractivity contribution in [2.75, 3.05) is 40.4 Å². The van der Waals surface area contributed by atoms with Crippen LogP contribution in [0.25, 0.3) is 0 Å². The molecule has 12 heteroatoms. The van der Waals surface area contributed by atoms with E-state index in [4.69, 9.17) is 42.1 Å². The molecule has 4 heterocycles. The van der Waals surface area contributed by atoms with Crippen molar-refractivity contribution < 1.29 is 33.3 Å². The number of esters is 2. The number of hydrogen-bond acceptors (Lipinski definition) is 9. The summed E-state index contributed by atoms with van der Waals surface area (Å²) in [4.78, 5) is 29.4. The zero-order valence-corrected chi connectivity index (χ0v) is 30.1. The Bertz CT molecular complexity index is 1790. The maximum Gasteiger partial charge on any atom is 0.338 e. The molecule has 10 nitrogen and oxygen atoms in total. The first kappa shape index (κ1) is 36.4. The maximum atomic E-state index is 13.5. The van der Waals surface area contributed by atoms with Gasteiger partial charge in [-0.2, -0.15) is 4.73 Å². The monoisotopic (exact) mass is 733 g/mol. The molecular formula is C39H41Cl2N3O7. The minimum absolute atomic E-state index is 0.0713. The fourth-order valence-corrected chi connectivity index (χ4v) is 7.40. The number of benzene rings is 3. The van der Waals surface area contributed by atoms with Gasteiger partial charge in [-0.1, -0.05) is 71.7 Å². The lowest BCUT2D eigenvalue weighted by Crippen LogP contribution is -2.52. The van der Waals surface area contributed by atoms with E-state index in [0.717, 1.165) is 43.6 Å². The number of carbonyl (C=O) groups excluding carboxylic acids is 2. The number of fused-ring (bicyclic) bond motifs is 3. The molecule has 51 heavy (non-hydrogen) atoms. The maximum absolute atomic E-state index is 13.5. The number of hydrogen-bond donors (Lipinski definition) is 1. The van der Waals surface area contributed by atoms with Crippen LogP contribution in [0.1, 0.15) is 57.6 Å². The summed E-state index contributed by atoms with van der Waals surface area (Å²) in [5.74, 6) is 0.586. The molecule has 1 N–H and O–H groups in total. The zero-order valence-electron chi connectivity index (χ0n) is 28.6. The predicted octanol–water partition coefficient (Wildman–Crippen LogP) is 6.30. The summed E-state index contributed by atoms with van der Waals surface area (Å²) < 4.78 is 23.5. The Morgan fingerprint density at radius 2 is 1.61 bits per heavy atom. The standard InChI is InChI=1S/C39H41Cl2N3O7/c1-48-33-13-12-29(20-35(33)49-2)34(21-30-31(40)22-44(47)23-32(30)41)50-38(45)28-10-8-25(9-11-28)14-17-42-37(27-6-4-3-5-7-27)39(46)51-36-24-43-18-15-26(36)16-19-43/h3-13,20,22-23,26,34,36-37,42H,14-19,21,24H2,1-2H3/t34-,36-,37?/m0/s1. The number of nitrogens with zero attached hydrogens (tertiary/aromatic N) is 2. The average molecular weight is 735 g/mol. The van der Waals surface area contributed by atoms with Crippen molar-refractivity contribution in [3.8, 4) is 11.5 Å². The van der Waals surface area contributed by atoms with Crippen molar-refractivity contribution in [3.05, 3.63) is 128 Å². The number of halogens is 2. The van der Waals surface area contributed by atoms with E-state index in [0.29, 0.717) is 51.8 Å². The van der Waals surface area contributed by atoms with Crippen LogP contribution in [-0.2, 0) is 27.1 Å². The molecule has 0 aliphatic carbocycles. The van der Waals surface area contributed by atoms with Gasteiger partial charge in [0, 0.05) is 25.1 Å². The minimum atomic E-state index is -0.825. The highest BCUT2D eigenvalue weighted by Gasteiger charge is 2.38. The normalized spacial score (nSPS) is 19.2. The molecule has 2 bridgehead atoms. The molecule has 0 saturated carbocycles. The summed E-state index contributed by atoms with van der Waals surface area (Å²) in [6, 6.07) is 21.4. The summed E-state index contributed by atoms with van der Waals surface area (Å²) in [5.41, 5.74) is 3.26. The summed E-state index contributed by atoms with van der Waals surface area (Å²) in [6.45, 7) is 3.48. The average Bonchev–Trinajstić information content (AvgIpc) is 3.15. The van der Waals surface area contributed by atoms with Crippen molar-refractivity contribution in [3.63, 3.8) is 0 Å². The van der Waals surface area contributed by atoms with Crippen LogP contribution >= 0.6 is 23.2 Å². The van der Waals surface area contributed by atoms with Crippen molar-refractivity contribution >= 4 is 35.1 Å². The van der Waals surface area contributed by atoms with Gasteiger partial charge < -0.3 is 29.5 Å². The predicted molar refractivity (Wildman–Crippen MR) is 193 cm³/mol. The van der Waals surface area contributed by atoms with Crippen LogP contribution in [0.5, 0.6) is 11.5 Å². The van der Waals surface area contributed by atoms with E-state index >= 15 is 0 Å². The third-order valence-electron chi connectivity index (χ3n) is 9.66. The minimum Gasteiger partial charge on any atom is -0.619 e. The number of methoxy groups -OCH3 is 2. The summed E-state index contributed by atoms with van der Waals surface area (Å²) in [5, 5.41) is 15.6. The van der Waals surface area contributed by atoms with Gasteiger partial charge in [0.05, 0.1) is 19.8 Å². The lowest BCUT2D eigenvalue weighted by atomic mass is 9.86. The van der Waals surface area contributed by atoms with Crippen LogP contribution in [0.4, 0.5) is 0 Å². The Morgan fingerprint density at radius 3 is 2.24 bits per heavy atom. The van der Waals surface area contributed by atoms with E-state index in [1.807, 2.05) is 42.5 Å². The highest BCUT2D eigenvalue weighted by molar-refractivity contribution is 6.35. The highest BCUT2D eigenvalue weighted by Crippen LogP contribution is 2.36. The molecule has 3 fully saturated rings. The molecule has 3 aromatic carbocycles. The largest absolute Gasteiger partial charge is 0.619 e. The smallest absolute Gasteiger partial charge is 0.338 e. The van der Waals surface area contributed by atoms with E-state index in [2.05, 4.69) is 10.2 Å². The lowest BCUT2D eigenvalue weighted by molar-refractivity contribution is -0.605. The Labute approximate surface area is 307 Å². The Hall–Kier alpha value is -4.35. The molecule has 3 aliphatic heterocycles. The van der Waals surface area contributed by atoms with Gasteiger partial charge in [-0.15, -0.1) is 0 Å².